The van der Waals surface area contributed by atoms with E-state index in [9.17, 15) is 9.59 Å². The Morgan fingerprint density at radius 2 is 2.06 bits per heavy atom. The van der Waals surface area contributed by atoms with E-state index in [4.69, 9.17) is 4.74 Å². The molecule has 0 radical (unpaired) electrons. The van der Waals surface area contributed by atoms with Gasteiger partial charge in [-0.05, 0) is 25.8 Å². The highest BCUT2D eigenvalue weighted by Crippen LogP contribution is 2.05. The van der Waals surface area contributed by atoms with Crippen molar-refractivity contribution >= 4 is 11.8 Å². The van der Waals surface area contributed by atoms with Crippen LogP contribution < -0.4 is 0 Å². The van der Waals surface area contributed by atoms with Crippen LogP contribution in [-0.4, -0.2) is 28.1 Å². The fraction of sp³-hybridized carbons (Fsp3) is 0.615. The van der Waals surface area contributed by atoms with Crippen molar-refractivity contribution in [3.63, 3.8) is 0 Å². The van der Waals surface area contributed by atoms with E-state index in [2.05, 4.69) is 5.10 Å². The first-order chi connectivity index (χ1) is 8.65. The highest BCUT2D eigenvalue weighted by Gasteiger charge is 2.08. The second kappa shape index (κ2) is 7.63. The third-order valence-corrected chi connectivity index (χ3v) is 2.62. The lowest BCUT2D eigenvalue weighted by Crippen LogP contribution is -2.08. The fourth-order valence-corrected chi connectivity index (χ4v) is 1.59. The highest BCUT2D eigenvalue weighted by atomic mass is 16.5. The first kappa shape index (κ1) is 14.4. The second-order valence-corrected chi connectivity index (χ2v) is 4.05. The molecule has 0 aliphatic carbocycles. The number of ketones is 1. The van der Waals surface area contributed by atoms with Crippen molar-refractivity contribution in [2.45, 2.75) is 46.1 Å². The summed E-state index contributed by atoms with van der Waals surface area (Å²) in [5.74, 6) is -0.211. The smallest absolute Gasteiger partial charge is 0.306 e. The third-order valence-electron chi connectivity index (χ3n) is 2.62. The van der Waals surface area contributed by atoms with Crippen LogP contribution in [0.2, 0.25) is 0 Å². The minimum atomic E-state index is -0.301. The van der Waals surface area contributed by atoms with Gasteiger partial charge in [-0.15, -0.1) is 0 Å². The Labute approximate surface area is 107 Å². The Balaban J connectivity index is 2.22. The topological polar surface area (TPSA) is 61.2 Å². The van der Waals surface area contributed by atoms with Gasteiger partial charge in [-0.2, -0.15) is 5.10 Å². The van der Waals surface area contributed by atoms with E-state index in [1.54, 1.807) is 13.1 Å². The molecule has 0 bridgehead atoms. The summed E-state index contributed by atoms with van der Waals surface area (Å²) in [6.07, 6.45) is 5.30. The van der Waals surface area contributed by atoms with Crippen molar-refractivity contribution in [2.75, 3.05) is 6.61 Å². The molecule has 1 aromatic rings. The molecular weight excluding hydrogens is 232 g/mol. The summed E-state index contributed by atoms with van der Waals surface area (Å²) in [6.45, 7) is 4.96. The monoisotopic (exact) mass is 252 g/mol. The summed E-state index contributed by atoms with van der Waals surface area (Å²) in [5, 5.41) is 4.14. The Morgan fingerprint density at radius 1 is 1.28 bits per heavy atom. The molecule has 18 heavy (non-hydrogen) atoms. The van der Waals surface area contributed by atoms with Crippen LogP contribution in [0.15, 0.2) is 12.4 Å². The first-order valence-electron chi connectivity index (χ1n) is 6.34. The largest absolute Gasteiger partial charge is 0.466 e. The number of hydrogen-bond acceptors (Lipinski definition) is 4. The van der Waals surface area contributed by atoms with Gasteiger partial charge in [-0.1, -0.05) is 0 Å². The average molecular weight is 252 g/mol. The van der Waals surface area contributed by atoms with Crippen molar-refractivity contribution in [1.29, 1.82) is 0 Å². The second-order valence-electron chi connectivity index (χ2n) is 4.05. The number of ether oxygens (including phenoxy) is 1. The molecule has 0 fully saturated rings. The molecule has 5 nitrogen and oxygen atoms in total. The normalized spacial score (nSPS) is 10.3. The predicted molar refractivity (Wildman–Crippen MR) is 67.1 cm³/mol. The summed E-state index contributed by atoms with van der Waals surface area (Å²) in [6, 6.07) is 0. The van der Waals surface area contributed by atoms with Gasteiger partial charge < -0.3 is 4.74 Å². The average Bonchev–Trinajstić information content (AvgIpc) is 2.82. The molecule has 1 aromatic heterocycles. The van der Waals surface area contributed by atoms with E-state index in [1.807, 2.05) is 17.8 Å². The van der Waals surface area contributed by atoms with Gasteiger partial charge in [0.15, 0.2) is 0 Å². The fourth-order valence-electron chi connectivity index (χ4n) is 1.59. The molecule has 0 unspecified atom stereocenters. The van der Waals surface area contributed by atoms with Crippen molar-refractivity contribution in [2.24, 2.45) is 0 Å². The molecule has 0 amide bonds. The van der Waals surface area contributed by atoms with Crippen molar-refractivity contribution in [3.8, 4) is 0 Å². The number of hydrogen-bond donors (Lipinski definition) is 0. The number of aromatic nitrogens is 2. The van der Waals surface area contributed by atoms with E-state index < -0.39 is 0 Å². The first-order valence-corrected chi connectivity index (χ1v) is 6.34. The maximum absolute atomic E-state index is 11.6. The third kappa shape index (κ3) is 5.12. The molecule has 1 heterocycles. The van der Waals surface area contributed by atoms with Crippen LogP contribution in [0.3, 0.4) is 0 Å². The van der Waals surface area contributed by atoms with Crippen LogP contribution in [0.25, 0.3) is 0 Å². The van der Waals surface area contributed by atoms with Gasteiger partial charge in [0, 0.05) is 25.6 Å². The van der Waals surface area contributed by atoms with Gasteiger partial charge in [0.1, 0.15) is 5.78 Å². The summed E-state index contributed by atoms with van der Waals surface area (Å²) >= 11 is 0. The minimum absolute atomic E-state index is 0.0901. The molecule has 0 N–H and O–H groups in total. The summed E-state index contributed by atoms with van der Waals surface area (Å²) in [5.41, 5.74) is 1.06. The SMILES string of the molecule is CCOC(=O)CCC(=O)CCc1cnn(CC)c1. The molecule has 0 atom stereocenters. The van der Waals surface area contributed by atoms with Gasteiger partial charge in [-0.25, -0.2) is 0 Å². The minimum Gasteiger partial charge on any atom is -0.466 e. The Hall–Kier alpha value is -1.65. The Kier molecular flexibility index (Phi) is 6.11. The number of nitrogens with zero attached hydrogens (tertiary/aromatic N) is 2. The lowest BCUT2D eigenvalue weighted by atomic mass is 10.1. The van der Waals surface area contributed by atoms with Crippen molar-refractivity contribution in [1.82, 2.24) is 9.78 Å². The maximum Gasteiger partial charge on any atom is 0.306 e. The zero-order valence-electron chi connectivity index (χ0n) is 11.0. The number of carbonyl (C=O) groups excluding carboxylic acids is 2. The number of esters is 1. The zero-order valence-corrected chi connectivity index (χ0v) is 11.0. The summed E-state index contributed by atoms with van der Waals surface area (Å²) < 4.78 is 6.60. The highest BCUT2D eigenvalue weighted by molar-refractivity contribution is 5.83. The predicted octanol–water partition coefficient (Wildman–Crippen LogP) is 1.75. The Bertz CT molecular complexity index is 399. The van der Waals surface area contributed by atoms with E-state index in [1.165, 1.54) is 0 Å². The van der Waals surface area contributed by atoms with E-state index in [-0.39, 0.29) is 24.6 Å². The van der Waals surface area contributed by atoms with E-state index >= 15 is 0 Å². The number of Topliss-reactive ketones (excluding diaryl/α,β-unsaturated/α-hetero) is 1. The van der Waals surface area contributed by atoms with Crippen LogP contribution in [-0.2, 0) is 27.3 Å². The number of aryl methyl sites for hydroxylation is 2. The molecule has 0 saturated heterocycles. The molecule has 0 aliphatic rings. The van der Waals surface area contributed by atoms with E-state index in [0.717, 1.165) is 12.1 Å². The maximum atomic E-state index is 11.6. The number of rotatable bonds is 8. The van der Waals surface area contributed by atoms with Crippen molar-refractivity contribution < 1.29 is 14.3 Å². The lowest BCUT2D eigenvalue weighted by Gasteiger charge is -2.01. The standard InChI is InChI=1S/C13H20N2O3/c1-3-15-10-11(9-14-15)5-6-12(16)7-8-13(17)18-4-2/h9-10H,3-8H2,1-2H3. The molecule has 1 rings (SSSR count). The van der Waals surface area contributed by atoms with E-state index in [0.29, 0.717) is 19.4 Å². The molecule has 5 heteroatoms. The molecular formula is C13H20N2O3. The van der Waals surface area contributed by atoms with Gasteiger partial charge in [0.25, 0.3) is 0 Å². The molecule has 100 valence electrons. The molecule has 0 spiro atoms. The van der Waals surface area contributed by atoms with Gasteiger partial charge in [-0.3, -0.25) is 14.3 Å². The molecule has 0 aliphatic heterocycles. The molecule has 0 aromatic carbocycles. The van der Waals surface area contributed by atoms with Gasteiger partial charge in [0.2, 0.25) is 0 Å². The lowest BCUT2D eigenvalue weighted by molar-refractivity contribution is -0.144. The number of carbonyl (C=O) groups is 2. The van der Waals surface area contributed by atoms with Crippen LogP contribution in [0.1, 0.15) is 38.7 Å². The summed E-state index contributed by atoms with van der Waals surface area (Å²) in [7, 11) is 0. The van der Waals surface area contributed by atoms with Gasteiger partial charge in [0.05, 0.1) is 19.2 Å². The zero-order chi connectivity index (χ0) is 13.4. The summed E-state index contributed by atoms with van der Waals surface area (Å²) in [4.78, 5) is 22.6. The van der Waals surface area contributed by atoms with Crippen LogP contribution >= 0.6 is 0 Å². The van der Waals surface area contributed by atoms with Crippen LogP contribution in [0.4, 0.5) is 0 Å². The van der Waals surface area contributed by atoms with Crippen molar-refractivity contribution in [3.05, 3.63) is 18.0 Å². The quantitative estimate of drug-likeness (QED) is 0.661. The van der Waals surface area contributed by atoms with Gasteiger partial charge >= 0.3 is 5.97 Å². The Morgan fingerprint density at radius 3 is 2.67 bits per heavy atom. The molecule has 0 saturated carbocycles. The van der Waals surface area contributed by atoms with Crippen LogP contribution in [0, 0.1) is 0 Å². The van der Waals surface area contributed by atoms with Crippen LogP contribution in [0.5, 0.6) is 0 Å².